The molecule has 3 heteroatoms. The van der Waals surface area contributed by atoms with Gasteiger partial charge in [0.05, 0.1) is 5.75 Å². The highest BCUT2D eigenvalue weighted by Crippen LogP contribution is 2.41. The molecule has 3 rings (SSSR count). The summed E-state index contributed by atoms with van der Waals surface area (Å²) in [5.74, 6) is 0.739. The van der Waals surface area contributed by atoms with Crippen molar-refractivity contribution in [1.29, 1.82) is 0 Å². The molecule has 0 radical (unpaired) electrons. The van der Waals surface area contributed by atoms with E-state index in [0.29, 0.717) is 5.75 Å². The van der Waals surface area contributed by atoms with Crippen LogP contribution in [0.3, 0.4) is 0 Å². The Kier molecular flexibility index (Phi) is 4.02. The van der Waals surface area contributed by atoms with Gasteiger partial charge < -0.3 is 0 Å². The molecule has 0 bridgehead atoms. The van der Waals surface area contributed by atoms with Crippen LogP contribution in [0.1, 0.15) is 29.0 Å². The summed E-state index contributed by atoms with van der Waals surface area (Å²) < 4.78 is 0. The summed E-state index contributed by atoms with van der Waals surface area (Å²) in [5, 5.41) is 0.0885. The molecule has 2 aromatic carbocycles. The van der Waals surface area contributed by atoms with E-state index in [1.807, 2.05) is 4.90 Å². The third-order valence-corrected chi connectivity index (χ3v) is 5.07. The normalized spacial score (nSPS) is 18.3. The van der Waals surface area contributed by atoms with Crippen molar-refractivity contribution >= 4 is 23.4 Å². The topological polar surface area (TPSA) is 20.3 Å². The first-order valence-electron chi connectivity index (χ1n) is 7.28. The van der Waals surface area contributed by atoms with E-state index in [2.05, 4.69) is 62.4 Å². The van der Waals surface area contributed by atoms with E-state index in [1.165, 1.54) is 16.7 Å². The van der Waals surface area contributed by atoms with Gasteiger partial charge in [0.2, 0.25) is 5.91 Å². The van der Waals surface area contributed by atoms with E-state index < -0.39 is 0 Å². The number of benzene rings is 2. The summed E-state index contributed by atoms with van der Waals surface area (Å²) >= 11 is 1.70. The van der Waals surface area contributed by atoms with E-state index in [-0.39, 0.29) is 11.3 Å². The molecule has 0 saturated carbocycles. The molecule has 1 fully saturated rings. The van der Waals surface area contributed by atoms with Crippen LogP contribution in [0.2, 0.25) is 0 Å². The Balaban J connectivity index is 1.93. The third-order valence-electron chi connectivity index (χ3n) is 3.85. The summed E-state index contributed by atoms with van der Waals surface area (Å²) in [6.45, 7) is 4.22. The van der Waals surface area contributed by atoms with Gasteiger partial charge in [0, 0.05) is 5.69 Å². The van der Waals surface area contributed by atoms with Gasteiger partial charge >= 0.3 is 0 Å². The number of hydrogen-bond acceptors (Lipinski definition) is 2. The van der Waals surface area contributed by atoms with E-state index in [0.717, 1.165) is 12.1 Å². The van der Waals surface area contributed by atoms with Gasteiger partial charge in [0.25, 0.3) is 0 Å². The minimum absolute atomic E-state index is 0.0885. The monoisotopic (exact) mass is 297 g/mol. The Morgan fingerprint density at radius 1 is 1.10 bits per heavy atom. The lowest BCUT2D eigenvalue weighted by molar-refractivity contribution is -0.115. The average Bonchev–Trinajstić information content (AvgIpc) is 2.90. The number of anilines is 1. The summed E-state index contributed by atoms with van der Waals surface area (Å²) in [7, 11) is 0. The molecule has 1 saturated heterocycles. The number of amides is 1. The second-order valence-electron chi connectivity index (χ2n) is 5.36. The van der Waals surface area contributed by atoms with E-state index in [1.54, 1.807) is 11.8 Å². The van der Waals surface area contributed by atoms with Crippen molar-refractivity contribution in [2.24, 2.45) is 0 Å². The molecule has 0 spiro atoms. The lowest BCUT2D eigenvalue weighted by atomic mass is 10.1. The van der Waals surface area contributed by atoms with Gasteiger partial charge in [-0.25, -0.2) is 0 Å². The first kappa shape index (κ1) is 14.2. The zero-order chi connectivity index (χ0) is 14.8. The molecule has 108 valence electrons. The Morgan fingerprint density at radius 3 is 2.38 bits per heavy atom. The van der Waals surface area contributed by atoms with Gasteiger partial charge in [-0.05, 0) is 36.6 Å². The summed E-state index contributed by atoms with van der Waals surface area (Å²) in [5.41, 5.74) is 4.72. The van der Waals surface area contributed by atoms with Crippen LogP contribution < -0.4 is 4.90 Å². The van der Waals surface area contributed by atoms with Crippen LogP contribution in [-0.2, 0) is 11.2 Å². The molecule has 0 N–H and O–H groups in total. The number of rotatable bonds is 3. The molecule has 1 aliphatic heterocycles. The van der Waals surface area contributed by atoms with Crippen molar-refractivity contribution in [2.45, 2.75) is 25.6 Å². The Morgan fingerprint density at radius 2 is 1.76 bits per heavy atom. The van der Waals surface area contributed by atoms with Gasteiger partial charge in [0.1, 0.15) is 5.37 Å². The van der Waals surface area contributed by atoms with E-state index >= 15 is 0 Å². The van der Waals surface area contributed by atoms with Crippen LogP contribution in [0.15, 0.2) is 48.5 Å². The van der Waals surface area contributed by atoms with E-state index in [9.17, 15) is 4.79 Å². The minimum Gasteiger partial charge on any atom is -0.295 e. The van der Waals surface area contributed by atoms with Crippen LogP contribution in [0.25, 0.3) is 0 Å². The predicted molar refractivity (Wildman–Crippen MR) is 89.7 cm³/mol. The number of carbonyl (C=O) groups excluding carboxylic acids is 1. The van der Waals surface area contributed by atoms with Crippen molar-refractivity contribution < 1.29 is 4.79 Å². The van der Waals surface area contributed by atoms with Gasteiger partial charge in [-0.2, -0.15) is 0 Å². The fourth-order valence-corrected chi connectivity index (χ4v) is 3.75. The number of aryl methyl sites for hydroxylation is 2. The van der Waals surface area contributed by atoms with Crippen LogP contribution in [-0.4, -0.2) is 11.7 Å². The first-order valence-corrected chi connectivity index (χ1v) is 8.33. The van der Waals surface area contributed by atoms with Crippen molar-refractivity contribution in [3.8, 4) is 0 Å². The molecule has 1 heterocycles. The lowest BCUT2D eigenvalue weighted by Gasteiger charge is -2.24. The zero-order valence-electron chi connectivity index (χ0n) is 12.4. The van der Waals surface area contributed by atoms with Crippen molar-refractivity contribution in [1.82, 2.24) is 0 Å². The van der Waals surface area contributed by atoms with Gasteiger partial charge in [-0.3, -0.25) is 9.69 Å². The van der Waals surface area contributed by atoms with Crippen molar-refractivity contribution in [3.63, 3.8) is 0 Å². The molecule has 21 heavy (non-hydrogen) atoms. The number of carbonyl (C=O) groups is 1. The molecule has 2 aromatic rings. The zero-order valence-corrected chi connectivity index (χ0v) is 13.2. The molecule has 1 atom stereocenters. The molecule has 0 aliphatic carbocycles. The summed E-state index contributed by atoms with van der Waals surface area (Å²) in [4.78, 5) is 14.2. The van der Waals surface area contributed by atoms with Crippen LogP contribution in [0.5, 0.6) is 0 Å². The second-order valence-corrected chi connectivity index (χ2v) is 6.43. The van der Waals surface area contributed by atoms with Gasteiger partial charge in [0.15, 0.2) is 0 Å². The summed E-state index contributed by atoms with van der Waals surface area (Å²) in [6.07, 6.45) is 1.02. The standard InChI is InChI=1S/C18H19NOS/c1-3-14-6-10-16(11-7-14)19-17(20)12-21-18(19)15-8-4-13(2)5-9-15/h4-11,18H,3,12H2,1-2H3. The maximum absolute atomic E-state index is 12.3. The lowest BCUT2D eigenvalue weighted by Crippen LogP contribution is -2.27. The Labute approximate surface area is 130 Å². The molecular formula is C18H19NOS. The first-order chi connectivity index (χ1) is 10.2. The highest BCUT2D eigenvalue weighted by atomic mass is 32.2. The Hall–Kier alpha value is -1.74. The van der Waals surface area contributed by atoms with E-state index in [4.69, 9.17) is 0 Å². The van der Waals surface area contributed by atoms with Crippen molar-refractivity contribution in [2.75, 3.05) is 10.7 Å². The van der Waals surface area contributed by atoms with Crippen LogP contribution in [0, 0.1) is 6.92 Å². The molecule has 0 aromatic heterocycles. The van der Waals surface area contributed by atoms with Crippen LogP contribution in [0.4, 0.5) is 5.69 Å². The second kappa shape index (κ2) is 5.94. The molecule has 2 nitrogen and oxygen atoms in total. The van der Waals surface area contributed by atoms with Gasteiger partial charge in [-0.15, -0.1) is 11.8 Å². The fourth-order valence-electron chi connectivity index (χ4n) is 2.57. The molecule has 1 amide bonds. The Bertz CT molecular complexity index is 633. The van der Waals surface area contributed by atoms with Crippen LogP contribution >= 0.6 is 11.8 Å². The summed E-state index contributed by atoms with van der Waals surface area (Å²) in [6, 6.07) is 16.8. The predicted octanol–water partition coefficient (Wildman–Crippen LogP) is 4.34. The molecular weight excluding hydrogens is 278 g/mol. The number of hydrogen-bond donors (Lipinski definition) is 0. The maximum Gasteiger partial charge on any atom is 0.238 e. The third kappa shape index (κ3) is 2.84. The highest BCUT2D eigenvalue weighted by Gasteiger charge is 2.33. The number of nitrogens with zero attached hydrogens (tertiary/aromatic N) is 1. The number of thioether (sulfide) groups is 1. The molecule has 1 aliphatic rings. The largest absolute Gasteiger partial charge is 0.295 e. The SMILES string of the molecule is CCc1ccc(N2C(=O)CSC2c2ccc(C)cc2)cc1. The highest BCUT2D eigenvalue weighted by molar-refractivity contribution is 8.00. The molecule has 1 unspecified atom stereocenters. The quantitative estimate of drug-likeness (QED) is 0.840. The maximum atomic E-state index is 12.3. The average molecular weight is 297 g/mol. The van der Waals surface area contributed by atoms with Gasteiger partial charge in [-0.1, -0.05) is 48.9 Å². The fraction of sp³-hybridized carbons (Fsp3) is 0.278. The van der Waals surface area contributed by atoms with Crippen molar-refractivity contribution in [3.05, 3.63) is 65.2 Å². The minimum atomic E-state index is 0.0885. The smallest absolute Gasteiger partial charge is 0.238 e.